The summed E-state index contributed by atoms with van der Waals surface area (Å²) in [6, 6.07) is 25.7. The number of likely N-dealkylation sites (tertiary alicyclic amines) is 1. The fraction of sp³-hybridized carbons (Fsp3) is 0.182. The Kier molecular flexibility index (Phi) is 8.70. The quantitative estimate of drug-likeness (QED) is 0.123. The van der Waals surface area contributed by atoms with Gasteiger partial charge in [0.15, 0.2) is 5.78 Å². The molecule has 0 atom stereocenters. The summed E-state index contributed by atoms with van der Waals surface area (Å²) in [5.74, 6) is -1.10. The molecule has 1 heterocycles. The van der Waals surface area contributed by atoms with Crippen LogP contribution in [0.3, 0.4) is 0 Å². The number of ketones is 1. The minimum atomic E-state index is -5.19. The summed E-state index contributed by atoms with van der Waals surface area (Å²) in [6.45, 7) is 0.511. The molecule has 0 radical (unpaired) electrons. The molecule has 0 saturated carbocycles. The molecule has 4 aromatic rings. The van der Waals surface area contributed by atoms with E-state index < -0.39 is 50.5 Å². The summed E-state index contributed by atoms with van der Waals surface area (Å²) >= 11 is 11.3. The lowest BCUT2D eigenvalue weighted by Gasteiger charge is -2.50. The number of nitrogens with zero attached hydrogens (tertiary/aromatic N) is 1. The average molecular weight is 650 g/mol. The van der Waals surface area contributed by atoms with Gasteiger partial charge in [-0.2, -0.15) is 26.3 Å². The lowest BCUT2D eigenvalue weighted by molar-refractivity contribution is -0.137. The Balaban J connectivity index is 1.38. The van der Waals surface area contributed by atoms with Crippen molar-refractivity contribution in [1.82, 2.24) is 4.90 Å². The van der Waals surface area contributed by atoms with E-state index in [0.717, 1.165) is 11.1 Å². The molecule has 3 nitrogen and oxygen atoms in total. The van der Waals surface area contributed by atoms with Gasteiger partial charge in [-0.3, -0.25) is 9.69 Å². The van der Waals surface area contributed by atoms with Crippen molar-refractivity contribution in [1.29, 1.82) is 0 Å². The molecule has 0 amide bonds. The molecule has 0 unspecified atom stereocenters. The Hall–Kier alpha value is -3.63. The van der Waals surface area contributed by atoms with Gasteiger partial charge in [-0.25, -0.2) is 0 Å². The van der Waals surface area contributed by atoms with Gasteiger partial charge in [0.25, 0.3) is 0 Å². The zero-order chi connectivity index (χ0) is 31.9. The summed E-state index contributed by atoms with van der Waals surface area (Å²) in [6.07, 6.45) is -10.0. The van der Waals surface area contributed by atoms with E-state index in [0.29, 0.717) is 11.6 Å². The van der Waals surface area contributed by atoms with Crippen molar-refractivity contribution in [3.63, 3.8) is 0 Å². The van der Waals surface area contributed by atoms with Gasteiger partial charge in [0.2, 0.25) is 0 Å². The number of aliphatic hydroxyl groups is 1. The summed E-state index contributed by atoms with van der Waals surface area (Å²) in [4.78, 5) is 15.0. The van der Waals surface area contributed by atoms with E-state index in [2.05, 4.69) is 4.90 Å². The van der Waals surface area contributed by atoms with Gasteiger partial charge >= 0.3 is 12.4 Å². The highest BCUT2D eigenvalue weighted by atomic mass is 35.5. The first-order valence-electron chi connectivity index (χ1n) is 13.2. The van der Waals surface area contributed by atoms with Crippen LogP contribution in [0.25, 0.3) is 5.57 Å². The molecule has 1 fully saturated rings. The molecule has 0 aliphatic carbocycles. The van der Waals surface area contributed by atoms with E-state index >= 15 is 0 Å². The topological polar surface area (TPSA) is 40.5 Å². The lowest BCUT2D eigenvalue weighted by atomic mass is 9.82. The second-order valence-corrected chi connectivity index (χ2v) is 11.3. The first-order valence-corrected chi connectivity index (χ1v) is 14.0. The van der Waals surface area contributed by atoms with Crippen LogP contribution < -0.4 is 0 Å². The van der Waals surface area contributed by atoms with Gasteiger partial charge in [0, 0.05) is 18.7 Å². The van der Waals surface area contributed by atoms with Crippen molar-refractivity contribution in [3.8, 4) is 0 Å². The minimum absolute atomic E-state index is 0.122. The summed E-state index contributed by atoms with van der Waals surface area (Å²) < 4.78 is 82.0. The minimum Gasteiger partial charge on any atom is -0.382 e. The SMILES string of the molecule is O=C(/C=C(/c1cc(Cl)c(Cl)c(C(F)(F)F)c1)C(F)(F)F)c1ccc(C2(O)CN(C(c3ccccc3)c3ccccc3)C2)cc1. The highest BCUT2D eigenvalue weighted by Gasteiger charge is 2.46. The Morgan fingerprint density at radius 3 is 1.80 bits per heavy atom. The van der Waals surface area contributed by atoms with Gasteiger partial charge < -0.3 is 5.11 Å². The number of rotatable bonds is 7. The van der Waals surface area contributed by atoms with Crippen LogP contribution in [-0.2, 0) is 11.8 Å². The van der Waals surface area contributed by atoms with E-state index in [9.17, 15) is 36.2 Å². The molecule has 1 saturated heterocycles. The number of β-amino-alcohol motifs (C(OH)–C–C–N with tert-alkyl or cyclic N) is 1. The molecule has 0 aromatic heterocycles. The van der Waals surface area contributed by atoms with Gasteiger partial charge in [0.05, 0.1) is 27.2 Å². The predicted molar refractivity (Wildman–Crippen MR) is 156 cm³/mol. The first-order chi connectivity index (χ1) is 20.7. The second kappa shape index (κ2) is 12.0. The van der Waals surface area contributed by atoms with Crippen molar-refractivity contribution < 1.29 is 36.2 Å². The van der Waals surface area contributed by atoms with Crippen LogP contribution in [0, 0.1) is 0 Å². The Bertz CT molecular complexity index is 1640. The summed E-state index contributed by atoms with van der Waals surface area (Å²) in [5.41, 5.74) is -3.02. The number of carbonyl (C=O) groups is 1. The zero-order valence-electron chi connectivity index (χ0n) is 22.6. The van der Waals surface area contributed by atoms with Crippen molar-refractivity contribution in [2.75, 3.05) is 13.1 Å². The zero-order valence-corrected chi connectivity index (χ0v) is 24.1. The van der Waals surface area contributed by atoms with Crippen LogP contribution in [0.4, 0.5) is 26.3 Å². The number of carbonyl (C=O) groups excluding carboxylic acids is 1. The Morgan fingerprint density at radius 1 is 0.795 bits per heavy atom. The second-order valence-electron chi connectivity index (χ2n) is 10.5. The number of hydrogen-bond donors (Lipinski definition) is 1. The molecular weight excluding hydrogens is 627 g/mol. The molecule has 5 rings (SSSR count). The van der Waals surface area contributed by atoms with E-state index in [1.54, 1.807) is 0 Å². The summed E-state index contributed by atoms with van der Waals surface area (Å²) in [5, 5.41) is 9.67. The molecule has 0 spiro atoms. The maximum atomic E-state index is 13.9. The molecule has 1 N–H and O–H groups in total. The van der Waals surface area contributed by atoms with Crippen molar-refractivity contribution in [3.05, 3.63) is 147 Å². The van der Waals surface area contributed by atoms with Crippen LogP contribution >= 0.6 is 23.2 Å². The first kappa shape index (κ1) is 31.8. The molecule has 0 bridgehead atoms. The highest BCUT2D eigenvalue weighted by molar-refractivity contribution is 6.42. The van der Waals surface area contributed by atoms with Gasteiger partial charge in [-0.15, -0.1) is 0 Å². The number of halogens is 8. The fourth-order valence-corrected chi connectivity index (χ4v) is 5.75. The molecule has 4 aromatic carbocycles. The average Bonchev–Trinajstić information content (AvgIpc) is 2.96. The lowest BCUT2D eigenvalue weighted by Crippen LogP contribution is -2.60. The van der Waals surface area contributed by atoms with Crippen LogP contribution in [0.2, 0.25) is 10.0 Å². The van der Waals surface area contributed by atoms with Gasteiger partial charge in [0.1, 0.15) is 5.60 Å². The van der Waals surface area contributed by atoms with Crippen LogP contribution in [-0.4, -0.2) is 35.1 Å². The largest absolute Gasteiger partial charge is 0.417 e. The van der Waals surface area contributed by atoms with Crippen LogP contribution in [0.1, 0.15) is 44.2 Å². The van der Waals surface area contributed by atoms with E-state index in [4.69, 9.17) is 23.2 Å². The molecular formula is C33H23Cl2F6NO2. The summed E-state index contributed by atoms with van der Waals surface area (Å²) in [7, 11) is 0. The molecule has 1 aliphatic rings. The fourth-order valence-electron chi connectivity index (χ4n) is 5.31. The third kappa shape index (κ3) is 6.56. The van der Waals surface area contributed by atoms with Crippen molar-refractivity contribution in [2.24, 2.45) is 0 Å². The highest BCUT2D eigenvalue weighted by Crippen LogP contribution is 2.44. The van der Waals surface area contributed by atoms with Gasteiger partial charge in [-0.05, 0) is 40.5 Å². The van der Waals surface area contributed by atoms with Crippen molar-refractivity contribution >= 4 is 34.6 Å². The standard InChI is InChI=1S/C33H23Cl2F6NO2/c34-27-16-23(15-26(29(27)35)33(39,40)41)25(32(36,37)38)17-28(43)20-11-13-24(14-12-20)31(44)18-42(19-31)30(21-7-3-1-4-8-21)22-9-5-2-6-10-22/h1-17,30,44H,18-19H2/b25-17-. The number of benzene rings is 4. The maximum absolute atomic E-state index is 13.9. The Morgan fingerprint density at radius 2 is 1.32 bits per heavy atom. The third-order valence-corrected chi connectivity index (χ3v) is 8.26. The number of allylic oxidation sites excluding steroid dienone is 2. The smallest absolute Gasteiger partial charge is 0.382 e. The third-order valence-electron chi connectivity index (χ3n) is 7.46. The molecule has 1 aliphatic heterocycles. The number of alkyl halides is 6. The monoisotopic (exact) mass is 649 g/mol. The Labute approximate surface area is 259 Å². The van der Waals surface area contributed by atoms with Gasteiger partial charge in [-0.1, -0.05) is 108 Å². The van der Waals surface area contributed by atoms with E-state index in [1.807, 2.05) is 60.7 Å². The van der Waals surface area contributed by atoms with E-state index in [1.165, 1.54) is 24.3 Å². The van der Waals surface area contributed by atoms with Crippen LogP contribution in [0.15, 0.2) is 103 Å². The molecule has 11 heteroatoms. The number of hydrogen-bond acceptors (Lipinski definition) is 3. The van der Waals surface area contributed by atoms with Crippen molar-refractivity contribution in [2.45, 2.75) is 24.0 Å². The molecule has 228 valence electrons. The van der Waals surface area contributed by atoms with Crippen LogP contribution in [0.5, 0.6) is 0 Å². The molecule has 44 heavy (non-hydrogen) atoms. The normalized spacial score (nSPS) is 15.7. The van der Waals surface area contributed by atoms with E-state index in [-0.39, 0.29) is 36.8 Å². The maximum Gasteiger partial charge on any atom is 0.417 e. The predicted octanol–water partition coefficient (Wildman–Crippen LogP) is 9.13.